The van der Waals surface area contributed by atoms with E-state index in [1.807, 2.05) is 0 Å². The first-order chi connectivity index (χ1) is 38.9. The van der Waals surface area contributed by atoms with Crippen LogP contribution >= 0.6 is 33.2 Å². The number of para-hydroxylation sites is 2. The van der Waals surface area contributed by atoms with Crippen LogP contribution in [-0.2, 0) is 28.7 Å². The zero-order chi connectivity index (χ0) is 58.9. The number of phenols is 1. The van der Waals surface area contributed by atoms with Gasteiger partial charge in [-0.3, -0.25) is 24.0 Å². The van der Waals surface area contributed by atoms with Crippen LogP contribution in [0, 0.1) is 5.41 Å². The lowest BCUT2D eigenvalue weighted by Crippen LogP contribution is -2.49. The van der Waals surface area contributed by atoms with Crippen LogP contribution in [0.25, 0.3) is 0 Å². The molecule has 434 valence electrons. The lowest BCUT2D eigenvalue weighted by atomic mass is 9.86. The van der Waals surface area contributed by atoms with Crippen LogP contribution in [0.4, 0.5) is 0 Å². The first kappa shape index (κ1) is 66.4. The van der Waals surface area contributed by atoms with E-state index in [-0.39, 0.29) is 66.2 Å². The van der Waals surface area contributed by atoms with Gasteiger partial charge in [-0.1, -0.05) is 127 Å². The minimum atomic E-state index is -1.54. The maximum Gasteiger partial charge on any atom is 0.347 e. The summed E-state index contributed by atoms with van der Waals surface area (Å²) in [7, 11) is 3.02. The molecule has 4 rings (SSSR count). The number of ketones is 1. The molecule has 0 spiro atoms. The number of nitrogens with one attached hydrogen (secondary N) is 3. The average Bonchev–Trinajstić information content (AvgIpc) is 3.44. The summed E-state index contributed by atoms with van der Waals surface area (Å²) in [6.07, 6.45) is 22.8. The molecule has 0 saturated heterocycles. The number of aromatic hydroxyl groups is 1. The van der Waals surface area contributed by atoms with Crippen LogP contribution in [0.3, 0.4) is 0 Å². The zero-order valence-electron chi connectivity index (χ0n) is 46.9. The van der Waals surface area contributed by atoms with Crippen molar-refractivity contribution in [1.82, 2.24) is 16.0 Å². The quantitative estimate of drug-likeness (QED) is 0.00833. The number of halogens is 1. The molecule has 0 aliphatic carbocycles. The molecule has 4 N–H and O–H groups in total. The fraction of sp³-hybridized carbons (Fsp3) is 0.381. The molecule has 0 heterocycles. The molecule has 3 amide bonds. The predicted molar refractivity (Wildman–Crippen MR) is 322 cm³/mol. The molecule has 4 aromatic carbocycles. The molecular formula is C63H76ClN3O12S2. The fourth-order valence-corrected chi connectivity index (χ4v) is 9.43. The minimum Gasteiger partial charge on any atom is -0.507 e. The first-order valence-electron chi connectivity index (χ1n) is 27.1. The zero-order valence-corrected chi connectivity index (χ0v) is 49.3. The van der Waals surface area contributed by atoms with Crippen molar-refractivity contribution in [3.8, 4) is 17.2 Å². The van der Waals surface area contributed by atoms with Crippen molar-refractivity contribution in [2.75, 3.05) is 37.7 Å². The van der Waals surface area contributed by atoms with E-state index < -0.39 is 40.9 Å². The van der Waals surface area contributed by atoms with E-state index >= 15 is 0 Å². The van der Waals surface area contributed by atoms with E-state index in [9.17, 15) is 38.7 Å². The van der Waals surface area contributed by atoms with E-state index in [1.165, 1.54) is 64.1 Å². The molecule has 4 aromatic rings. The van der Waals surface area contributed by atoms with Gasteiger partial charge in [-0.25, -0.2) is 9.59 Å². The van der Waals surface area contributed by atoms with Crippen LogP contribution in [0.15, 0.2) is 146 Å². The summed E-state index contributed by atoms with van der Waals surface area (Å²) in [6, 6.07) is 24.7. The SMILES string of the molecule is CCC=CCC=CCC=CCCCC=CCCCC(=O)OCC(C)(C)C(OC(=O)c1ccccc1OC(=O)c1ccccc1O)C(=O)NCCC(=O)NCCSSCCNC(=O)C(C)(C)Oc1ccc(C(=O)c2ccc(Cl)cc2)cc1. The van der Waals surface area contributed by atoms with Crippen LogP contribution in [0.1, 0.15) is 135 Å². The van der Waals surface area contributed by atoms with Gasteiger partial charge in [-0.2, -0.15) is 0 Å². The predicted octanol–water partition coefficient (Wildman–Crippen LogP) is 12.3. The van der Waals surface area contributed by atoms with Crippen LogP contribution in [-0.4, -0.2) is 96.0 Å². The molecular weight excluding hydrogens is 1090 g/mol. The highest BCUT2D eigenvalue weighted by molar-refractivity contribution is 8.76. The summed E-state index contributed by atoms with van der Waals surface area (Å²) in [5.41, 5.74) is -1.82. The largest absolute Gasteiger partial charge is 0.507 e. The number of esters is 3. The number of hydrogen-bond acceptors (Lipinski definition) is 14. The van der Waals surface area contributed by atoms with Gasteiger partial charge in [-0.15, -0.1) is 0 Å². The van der Waals surface area contributed by atoms with Gasteiger partial charge in [0.15, 0.2) is 17.5 Å². The molecule has 18 heteroatoms. The number of amides is 3. The Hall–Kier alpha value is -7.08. The highest BCUT2D eigenvalue weighted by Crippen LogP contribution is 2.29. The standard InChI is InChI=1S/C63H76ClN3O12S2/c1-6-7-8-9-10-11-12-13-14-15-16-17-18-19-20-21-30-55(70)76-45-62(2,3)57(78-60(74)51-27-23-25-29-53(51)77-59(73)50-26-22-24-28-52(50)68)58(72)66-40-39-54(69)65-41-43-80-81-44-42-67-61(75)63(4,5)79-49-37-33-47(34-38-49)56(71)46-31-35-48(64)36-32-46/h7-8,10-11,13-14,18-19,22-29,31-38,57,68H,6,9,12,15-17,20-21,30,39-45H2,1-5H3,(H,65,69)(H,66,72)(H,67,75). The molecule has 0 aromatic heterocycles. The number of unbranched alkanes of at least 4 members (excludes halogenated alkanes) is 3. The van der Waals surface area contributed by atoms with E-state index in [0.717, 1.165) is 38.5 Å². The molecule has 0 saturated carbocycles. The van der Waals surface area contributed by atoms with Gasteiger partial charge in [0.2, 0.25) is 5.91 Å². The van der Waals surface area contributed by atoms with E-state index in [2.05, 4.69) is 71.5 Å². The molecule has 1 atom stereocenters. The molecule has 0 aliphatic heterocycles. The number of benzene rings is 4. The number of allylic oxidation sites excluding steroid dienone is 8. The van der Waals surface area contributed by atoms with Gasteiger partial charge in [0, 0.05) is 65.5 Å². The van der Waals surface area contributed by atoms with Crippen LogP contribution < -0.4 is 25.4 Å². The third kappa shape index (κ3) is 25.1. The summed E-state index contributed by atoms with van der Waals surface area (Å²) in [5.74, 6) is -2.93. The minimum absolute atomic E-state index is 0.0960. The Morgan fingerprint density at radius 1 is 0.630 bits per heavy atom. The number of carbonyl (C=O) groups excluding carboxylic acids is 7. The van der Waals surface area contributed by atoms with Crippen LogP contribution in [0.2, 0.25) is 5.02 Å². The number of rotatable bonds is 36. The molecule has 0 aliphatic rings. The Morgan fingerprint density at radius 3 is 1.85 bits per heavy atom. The maximum atomic E-state index is 13.9. The lowest BCUT2D eigenvalue weighted by molar-refractivity contribution is -0.153. The molecule has 0 bridgehead atoms. The third-order valence-electron chi connectivity index (χ3n) is 12.0. The van der Waals surface area contributed by atoms with Crippen molar-refractivity contribution in [2.45, 2.75) is 111 Å². The molecule has 1 unspecified atom stereocenters. The summed E-state index contributed by atoms with van der Waals surface area (Å²) in [5, 5.41) is 19.1. The van der Waals surface area contributed by atoms with Gasteiger partial charge in [0.25, 0.3) is 11.8 Å². The van der Waals surface area contributed by atoms with Crippen molar-refractivity contribution in [1.29, 1.82) is 0 Å². The first-order valence-corrected chi connectivity index (χ1v) is 30.0. The van der Waals surface area contributed by atoms with Crippen molar-refractivity contribution in [3.63, 3.8) is 0 Å². The summed E-state index contributed by atoms with van der Waals surface area (Å²) in [6.45, 7) is 8.93. The van der Waals surface area contributed by atoms with Gasteiger partial charge >= 0.3 is 17.9 Å². The topological polar surface area (TPSA) is 213 Å². The van der Waals surface area contributed by atoms with Crippen LogP contribution in [0.5, 0.6) is 17.2 Å². The Bertz CT molecular complexity index is 2790. The molecule has 81 heavy (non-hydrogen) atoms. The molecule has 0 fully saturated rings. The highest BCUT2D eigenvalue weighted by Gasteiger charge is 2.41. The number of carbonyl (C=O) groups is 7. The van der Waals surface area contributed by atoms with E-state index in [4.69, 9.17) is 30.5 Å². The van der Waals surface area contributed by atoms with Crippen molar-refractivity contribution < 1.29 is 57.6 Å². The third-order valence-corrected chi connectivity index (χ3v) is 14.7. The Labute approximate surface area is 489 Å². The number of ether oxygens (including phenoxy) is 4. The smallest absolute Gasteiger partial charge is 0.347 e. The molecule has 15 nitrogen and oxygen atoms in total. The van der Waals surface area contributed by atoms with Gasteiger partial charge < -0.3 is 40.0 Å². The van der Waals surface area contributed by atoms with Gasteiger partial charge in [0.1, 0.15) is 35.0 Å². The van der Waals surface area contributed by atoms with E-state index in [0.29, 0.717) is 59.3 Å². The summed E-state index contributed by atoms with van der Waals surface area (Å²) in [4.78, 5) is 92.4. The Kier molecular flexibility index (Phi) is 29.8. The second-order valence-electron chi connectivity index (χ2n) is 19.7. The maximum absolute atomic E-state index is 13.9. The van der Waals surface area contributed by atoms with Gasteiger partial charge in [-0.05, 0) is 138 Å². The lowest BCUT2D eigenvalue weighted by Gasteiger charge is -2.32. The summed E-state index contributed by atoms with van der Waals surface area (Å²) < 4.78 is 22.9. The van der Waals surface area contributed by atoms with Crippen molar-refractivity contribution in [2.24, 2.45) is 5.41 Å². The Morgan fingerprint density at radius 2 is 1.20 bits per heavy atom. The number of phenolic OH excluding ortho intramolecular Hbond substituents is 1. The van der Waals surface area contributed by atoms with Crippen molar-refractivity contribution >= 4 is 74.6 Å². The average molecular weight is 1170 g/mol. The monoisotopic (exact) mass is 1170 g/mol. The van der Waals surface area contributed by atoms with Gasteiger partial charge in [0.05, 0.1) is 0 Å². The second kappa shape index (κ2) is 36.3. The fourth-order valence-electron chi connectivity index (χ4n) is 7.49. The highest BCUT2D eigenvalue weighted by atomic mass is 35.5. The second-order valence-corrected chi connectivity index (χ2v) is 22.8. The number of hydrogen-bond donors (Lipinski definition) is 4. The van der Waals surface area contributed by atoms with E-state index in [1.54, 1.807) is 82.3 Å². The van der Waals surface area contributed by atoms with Crippen molar-refractivity contribution in [3.05, 3.63) is 173 Å². The Balaban J connectivity index is 1.20. The summed E-state index contributed by atoms with van der Waals surface area (Å²) >= 11 is 5.94. The normalized spacial score (nSPS) is 12.1. The molecule has 0 radical (unpaired) electrons.